The summed E-state index contributed by atoms with van der Waals surface area (Å²) in [6.45, 7) is 0. The Morgan fingerprint density at radius 3 is 2.83 bits per heavy atom. The SMILES string of the molecule is COc1c(I)cc(I)cc1/C=c1/sc2nc3ccccc3n2c1=O. The molecule has 24 heavy (non-hydrogen) atoms. The van der Waals surface area contributed by atoms with Crippen LogP contribution >= 0.6 is 56.5 Å². The predicted octanol–water partition coefficient (Wildman–Crippen LogP) is 3.67. The quantitative estimate of drug-likeness (QED) is 0.352. The summed E-state index contributed by atoms with van der Waals surface area (Å²) in [5.41, 5.74) is 2.55. The molecule has 0 aliphatic carbocycles. The second-order valence-electron chi connectivity index (χ2n) is 5.14. The maximum absolute atomic E-state index is 12.8. The standard InChI is InChI=1S/C17H10I2N2O2S/c1-23-15-9(6-10(18)8-11(15)19)7-14-16(22)21-13-5-3-2-4-12(13)20-17(21)24-14/h2-8H,1H3/b14-7+. The number of ether oxygens (including phenoxy) is 1. The van der Waals surface area contributed by atoms with Crippen molar-refractivity contribution in [3.63, 3.8) is 0 Å². The minimum Gasteiger partial charge on any atom is -0.495 e. The van der Waals surface area contributed by atoms with Crippen molar-refractivity contribution in [2.75, 3.05) is 7.11 Å². The fourth-order valence-corrected chi connectivity index (χ4v) is 5.74. The van der Waals surface area contributed by atoms with E-state index in [0.717, 1.165) is 29.5 Å². The zero-order valence-electron chi connectivity index (χ0n) is 12.4. The Balaban J connectivity index is 2.02. The van der Waals surface area contributed by atoms with Gasteiger partial charge >= 0.3 is 0 Å². The van der Waals surface area contributed by atoms with Crippen molar-refractivity contribution < 1.29 is 4.74 Å². The largest absolute Gasteiger partial charge is 0.495 e. The number of aromatic nitrogens is 2. The lowest BCUT2D eigenvalue weighted by molar-refractivity contribution is 0.410. The molecule has 0 N–H and O–H groups in total. The molecular weight excluding hydrogens is 550 g/mol. The van der Waals surface area contributed by atoms with E-state index in [4.69, 9.17) is 4.74 Å². The van der Waals surface area contributed by atoms with Gasteiger partial charge in [-0.1, -0.05) is 23.5 Å². The van der Waals surface area contributed by atoms with Crippen LogP contribution in [0.1, 0.15) is 5.56 Å². The van der Waals surface area contributed by atoms with Gasteiger partial charge in [-0.25, -0.2) is 9.38 Å². The first kappa shape index (κ1) is 16.3. The summed E-state index contributed by atoms with van der Waals surface area (Å²) in [4.78, 5) is 18.1. The molecular formula is C17H10I2N2O2S. The molecule has 2 heterocycles. The Kier molecular flexibility index (Phi) is 4.25. The number of thiazole rings is 1. The molecule has 7 heteroatoms. The normalized spacial score (nSPS) is 12.4. The van der Waals surface area contributed by atoms with Gasteiger partial charge in [0.1, 0.15) is 5.75 Å². The first-order valence-electron chi connectivity index (χ1n) is 7.03. The molecule has 0 atom stereocenters. The Labute approximate surface area is 168 Å². The third-order valence-electron chi connectivity index (χ3n) is 3.67. The summed E-state index contributed by atoms with van der Waals surface area (Å²) in [6.07, 6.45) is 1.89. The molecule has 0 spiro atoms. The van der Waals surface area contributed by atoms with E-state index in [1.54, 1.807) is 11.5 Å². The summed E-state index contributed by atoms with van der Waals surface area (Å²) in [5, 5.41) is 0. The summed E-state index contributed by atoms with van der Waals surface area (Å²) in [7, 11) is 1.65. The van der Waals surface area contributed by atoms with Gasteiger partial charge in [0.25, 0.3) is 5.56 Å². The molecule has 120 valence electrons. The Morgan fingerprint density at radius 2 is 2.04 bits per heavy atom. The van der Waals surface area contributed by atoms with Gasteiger partial charge in [0, 0.05) is 9.13 Å². The Hall–Kier alpha value is -1.20. The molecule has 0 fully saturated rings. The first-order chi connectivity index (χ1) is 11.6. The molecule has 4 rings (SSSR count). The van der Waals surface area contributed by atoms with Crippen LogP contribution in [0.4, 0.5) is 0 Å². The van der Waals surface area contributed by atoms with Crippen molar-refractivity contribution in [2.45, 2.75) is 0 Å². The van der Waals surface area contributed by atoms with Gasteiger partial charge < -0.3 is 4.74 Å². The second kappa shape index (κ2) is 6.26. The summed E-state index contributed by atoms with van der Waals surface area (Å²) < 4.78 is 9.96. The number of rotatable bonds is 2. The third kappa shape index (κ3) is 2.62. The van der Waals surface area contributed by atoms with Crippen LogP contribution < -0.4 is 14.8 Å². The van der Waals surface area contributed by atoms with Gasteiger partial charge in [-0.15, -0.1) is 0 Å². The molecule has 4 nitrogen and oxygen atoms in total. The molecule has 2 aromatic heterocycles. The zero-order valence-corrected chi connectivity index (χ0v) is 17.5. The van der Waals surface area contributed by atoms with Crippen molar-refractivity contribution in [3.8, 4) is 5.75 Å². The van der Waals surface area contributed by atoms with Gasteiger partial charge in [-0.2, -0.15) is 0 Å². The van der Waals surface area contributed by atoms with Crippen LogP contribution in [-0.2, 0) is 0 Å². The minimum absolute atomic E-state index is 0.0420. The maximum Gasteiger partial charge on any atom is 0.274 e. The highest BCUT2D eigenvalue weighted by molar-refractivity contribution is 14.1. The van der Waals surface area contributed by atoms with Crippen molar-refractivity contribution in [3.05, 3.63) is 64.0 Å². The van der Waals surface area contributed by atoms with E-state index in [1.165, 1.54) is 11.3 Å². The molecule has 0 saturated carbocycles. The molecule has 0 saturated heterocycles. The molecule has 2 aromatic carbocycles. The van der Waals surface area contributed by atoms with E-state index in [2.05, 4.69) is 50.2 Å². The average molecular weight is 560 g/mol. The van der Waals surface area contributed by atoms with E-state index < -0.39 is 0 Å². The topological polar surface area (TPSA) is 43.6 Å². The lowest BCUT2D eigenvalue weighted by Crippen LogP contribution is -2.22. The predicted molar refractivity (Wildman–Crippen MR) is 114 cm³/mol. The summed E-state index contributed by atoms with van der Waals surface area (Å²) >= 11 is 5.91. The fraction of sp³-hybridized carbons (Fsp3) is 0.0588. The van der Waals surface area contributed by atoms with Crippen LogP contribution in [0, 0.1) is 7.14 Å². The second-order valence-corrected chi connectivity index (χ2v) is 8.56. The van der Waals surface area contributed by atoms with E-state index in [1.807, 2.05) is 42.5 Å². The monoisotopic (exact) mass is 560 g/mol. The summed E-state index contributed by atoms with van der Waals surface area (Å²) in [5.74, 6) is 0.784. The van der Waals surface area contributed by atoms with Gasteiger partial charge in [0.05, 0.1) is 26.2 Å². The van der Waals surface area contributed by atoms with E-state index in [0.29, 0.717) is 9.49 Å². The molecule has 4 aromatic rings. The maximum atomic E-state index is 12.8. The van der Waals surface area contributed by atoms with Crippen molar-refractivity contribution >= 4 is 78.6 Å². The Bertz CT molecular complexity index is 1200. The van der Waals surface area contributed by atoms with Crippen molar-refractivity contribution in [1.29, 1.82) is 0 Å². The molecule has 0 unspecified atom stereocenters. The smallest absolute Gasteiger partial charge is 0.274 e. The van der Waals surface area contributed by atoms with Crippen LogP contribution in [0.5, 0.6) is 5.75 Å². The molecule has 0 aliphatic rings. The number of benzene rings is 2. The van der Waals surface area contributed by atoms with Gasteiger partial charge in [0.2, 0.25) is 0 Å². The van der Waals surface area contributed by atoms with E-state index >= 15 is 0 Å². The van der Waals surface area contributed by atoms with Gasteiger partial charge in [0.15, 0.2) is 4.96 Å². The zero-order chi connectivity index (χ0) is 16.8. The minimum atomic E-state index is -0.0420. The number of fused-ring (bicyclic) bond motifs is 3. The molecule has 0 aliphatic heterocycles. The van der Waals surface area contributed by atoms with Crippen molar-refractivity contribution in [1.82, 2.24) is 9.38 Å². The highest BCUT2D eigenvalue weighted by Gasteiger charge is 2.12. The van der Waals surface area contributed by atoms with E-state index in [-0.39, 0.29) is 5.56 Å². The number of hydrogen-bond donors (Lipinski definition) is 0. The highest BCUT2D eigenvalue weighted by atomic mass is 127. The van der Waals surface area contributed by atoms with E-state index in [9.17, 15) is 4.79 Å². The number of hydrogen-bond acceptors (Lipinski definition) is 4. The lowest BCUT2D eigenvalue weighted by Gasteiger charge is -2.07. The summed E-state index contributed by atoms with van der Waals surface area (Å²) in [6, 6.07) is 11.7. The first-order valence-corrected chi connectivity index (χ1v) is 10.0. The molecule has 0 bridgehead atoms. The highest BCUT2D eigenvalue weighted by Crippen LogP contribution is 2.28. The lowest BCUT2D eigenvalue weighted by atomic mass is 10.2. The van der Waals surface area contributed by atoms with Crippen molar-refractivity contribution in [2.24, 2.45) is 0 Å². The number of nitrogens with zero attached hydrogens (tertiary/aromatic N) is 2. The third-order valence-corrected chi connectivity index (χ3v) is 6.07. The van der Waals surface area contributed by atoms with Crippen LogP contribution in [0.2, 0.25) is 0 Å². The van der Waals surface area contributed by atoms with Crippen LogP contribution in [0.3, 0.4) is 0 Å². The Morgan fingerprint density at radius 1 is 1.25 bits per heavy atom. The van der Waals surface area contributed by atoms with Crippen LogP contribution in [0.15, 0.2) is 41.2 Å². The number of imidazole rings is 1. The number of methoxy groups -OCH3 is 1. The fourth-order valence-electron chi connectivity index (χ4n) is 2.66. The van der Waals surface area contributed by atoms with Crippen LogP contribution in [-0.4, -0.2) is 16.5 Å². The number of halogens is 2. The number of para-hydroxylation sites is 2. The molecule has 0 amide bonds. The van der Waals surface area contributed by atoms with Gasteiger partial charge in [-0.3, -0.25) is 4.79 Å². The average Bonchev–Trinajstić information content (AvgIpc) is 3.04. The molecule has 0 radical (unpaired) electrons. The van der Waals surface area contributed by atoms with Gasteiger partial charge in [-0.05, 0) is 75.5 Å². The van der Waals surface area contributed by atoms with Crippen LogP contribution in [0.25, 0.3) is 22.1 Å².